The number of para-hydroxylation sites is 2. The summed E-state index contributed by atoms with van der Waals surface area (Å²) in [5.41, 5.74) is 2.67. The van der Waals surface area contributed by atoms with E-state index in [4.69, 9.17) is 49.3 Å². The van der Waals surface area contributed by atoms with Gasteiger partial charge < -0.3 is 19.2 Å². The van der Waals surface area contributed by atoms with E-state index in [1.54, 1.807) is 31.2 Å². The zero-order valence-corrected chi connectivity index (χ0v) is 20.4. The van der Waals surface area contributed by atoms with Crippen LogP contribution in [-0.2, 0) is 4.79 Å². The van der Waals surface area contributed by atoms with Gasteiger partial charge >= 0.3 is 0 Å². The predicted molar refractivity (Wildman–Crippen MR) is 137 cm³/mol. The van der Waals surface area contributed by atoms with Gasteiger partial charge in [0.1, 0.15) is 17.0 Å². The summed E-state index contributed by atoms with van der Waals surface area (Å²) in [5, 5.41) is 6.42. The zero-order chi connectivity index (χ0) is 24.2. The van der Waals surface area contributed by atoms with Crippen molar-refractivity contribution in [1.29, 1.82) is 0 Å². The second-order valence-electron chi connectivity index (χ2n) is 7.18. The number of ether oxygens (including phenoxy) is 2. The summed E-state index contributed by atoms with van der Waals surface area (Å²) in [6.45, 7) is 1.58. The Morgan fingerprint density at radius 2 is 1.85 bits per heavy atom. The third kappa shape index (κ3) is 5.41. The fourth-order valence-corrected chi connectivity index (χ4v) is 3.78. The second kappa shape index (κ2) is 10.3. The summed E-state index contributed by atoms with van der Waals surface area (Å²) < 4.78 is 16.9. The first-order valence-corrected chi connectivity index (χ1v) is 11.3. The third-order valence-electron chi connectivity index (χ3n) is 4.79. The molecule has 0 saturated heterocycles. The van der Waals surface area contributed by atoms with Crippen LogP contribution < -0.4 is 20.1 Å². The molecule has 0 spiro atoms. The number of nitrogens with zero attached hydrogens (tertiary/aromatic N) is 1. The SMILES string of the molecule is COc1ccc(-c2nc3ccccc3o2)cc1NC(=S)NC(=O)C(C)Oc1ccc(Cl)cc1Cl. The number of thiocarbonyl (C=S) groups is 1. The number of carbonyl (C=O) groups is 1. The molecule has 0 radical (unpaired) electrons. The first kappa shape index (κ1) is 23.8. The smallest absolute Gasteiger partial charge is 0.266 e. The van der Waals surface area contributed by atoms with Crippen LogP contribution in [0.25, 0.3) is 22.6 Å². The molecule has 174 valence electrons. The first-order chi connectivity index (χ1) is 16.3. The number of aromatic nitrogens is 1. The molecule has 1 unspecified atom stereocenters. The van der Waals surface area contributed by atoms with Gasteiger partial charge in [-0.3, -0.25) is 10.1 Å². The molecule has 0 aliphatic carbocycles. The van der Waals surface area contributed by atoms with Gasteiger partial charge in [0.05, 0.1) is 17.8 Å². The van der Waals surface area contributed by atoms with E-state index >= 15 is 0 Å². The highest BCUT2D eigenvalue weighted by Crippen LogP contribution is 2.32. The summed E-state index contributed by atoms with van der Waals surface area (Å²) in [5.74, 6) is 0.843. The van der Waals surface area contributed by atoms with Crippen molar-refractivity contribution in [2.45, 2.75) is 13.0 Å². The average molecular weight is 516 g/mol. The van der Waals surface area contributed by atoms with Crippen LogP contribution in [0.3, 0.4) is 0 Å². The molecule has 1 amide bonds. The Morgan fingerprint density at radius 1 is 1.09 bits per heavy atom. The molecule has 0 aliphatic rings. The van der Waals surface area contributed by atoms with E-state index in [0.717, 1.165) is 5.52 Å². The number of nitrogens with one attached hydrogen (secondary N) is 2. The lowest BCUT2D eigenvalue weighted by atomic mass is 10.2. The van der Waals surface area contributed by atoms with Crippen molar-refractivity contribution < 1.29 is 18.7 Å². The Balaban J connectivity index is 1.46. The van der Waals surface area contributed by atoms with Crippen molar-refractivity contribution in [2.24, 2.45) is 0 Å². The molecule has 1 aromatic heterocycles. The van der Waals surface area contributed by atoms with Crippen molar-refractivity contribution in [1.82, 2.24) is 10.3 Å². The highest BCUT2D eigenvalue weighted by atomic mass is 35.5. The molecule has 3 aromatic carbocycles. The van der Waals surface area contributed by atoms with Crippen LogP contribution in [0.4, 0.5) is 5.69 Å². The fourth-order valence-electron chi connectivity index (χ4n) is 3.12. The minimum absolute atomic E-state index is 0.0654. The van der Waals surface area contributed by atoms with Crippen LogP contribution in [0.5, 0.6) is 11.5 Å². The summed E-state index contributed by atoms with van der Waals surface area (Å²) >= 11 is 17.3. The topological polar surface area (TPSA) is 85.6 Å². The third-order valence-corrected chi connectivity index (χ3v) is 5.53. The van der Waals surface area contributed by atoms with Crippen LogP contribution in [0.2, 0.25) is 10.0 Å². The maximum Gasteiger partial charge on any atom is 0.266 e. The van der Waals surface area contributed by atoms with E-state index in [-0.39, 0.29) is 5.11 Å². The zero-order valence-electron chi connectivity index (χ0n) is 18.1. The molecular weight excluding hydrogens is 497 g/mol. The Morgan fingerprint density at radius 3 is 2.59 bits per heavy atom. The van der Waals surface area contributed by atoms with Crippen LogP contribution in [0.1, 0.15) is 6.92 Å². The van der Waals surface area contributed by atoms with Crippen LogP contribution in [-0.4, -0.2) is 29.2 Å². The quantitative estimate of drug-likeness (QED) is 0.300. The maximum atomic E-state index is 12.6. The molecule has 10 heteroatoms. The number of hydrogen-bond donors (Lipinski definition) is 2. The van der Waals surface area contributed by atoms with Gasteiger partial charge in [-0.05, 0) is 67.7 Å². The van der Waals surface area contributed by atoms with Gasteiger partial charge in [0.15, 0.2) is 16.8 Å². The Kier molecular flexibility index (Phi) is 7.21. The van der Waals surface area contributed by atoms with E-state index in [9.17, 15) is 4.79 Å². The second-order valence-corrected chi connectivity index (χ2v) is 8.43. The number of halogens is 2. The van der Waals surface area contributed by atoms with Crippen molar-refractivity contribution in [2.75, 3.05) is 12.4 Å². The minimum Gasteiger partial charge on any atom is -0.495 e. The number of fused-ring (bicyclic) bond motifs is 1. The summed E-state index contributed by atoms with van der Waals surface area (Å²) in [6.07, 6.45) is -0.869. The van der Waals surface area contributed by atoms with Gasteiger partial charge in [-0.1, -0.05) is 35.3 Å². The minimum atomic E-state index is -0.869. The maximum absolute atomic E-state index is 12.6. The lowest BCUT2D eigenvalue weighted by Crippen LogP contribution is -2.42. The van der Waals surface area contributed by atoms with Crippen molar-refractivity contribution in [3.05, 3.63) is 70.7 Å². The van der Waals surface area contributed by atoms with E-state index in [1.807, 2.05) is 30.3 Å². The van der Waals surface area contributed by atoms with Crippen LogP contribution in [0.15, 0.2) is 65.1 Å². The molecule has 0 saturated carbocycles. The molecule has 34 heavy (non-hydrogen) atoms. The number of carbonyl (C=O) groups excluding carboxylic acids is 1. The van der Waals surface area contributed by atoms with Crippen molar-refractivity contribution in [3.8, 4) is 23.0 Å². The number of anilines is 1. The fraction of sp³-hybridized carbons (Fsp3) is 0.125. The lowest BCUT2D eigenvalue weighted by Gasteiger charge is -2.17. The molecule has 2 N–H and O–H groups in total. The Bertz CT molecular complexity index is 1340. The van der Waals surface area contributed by atoms with Gasteiger partial charge in [-0.25, -0.2) is 4.98 Å². The predicted octanol–water partition coefficient (Wildman–Crippen LogP) is 6.09. The molecule has 4 rings (SSSR count). The number of benzene rings is 3. The molecule has 0 bridgehead atoms. The standard InChI is InChI=1S/C24H19Cl2N3O4S/c1-13(32-19-10-8-15(25)12-16(19)26)22(30)29-24(34)28-18-11-14(7-9-20(18)31-2)23-27-17-5-3-4-6-21(17)33-23/h3-13H,1-2H3,(H2,28,29,30,34). The Hall–Kier alpha value is -3.33. The van der Waals surface area contributed by atoms with Crippen molar-refractivity contribution in [3.63, 3.8) is 0 Å². The number of oxazole rings is 1. The van der Waals surface area contributed by atoms with E-state index < -0.39 is 12.0 Å². The number of rotatable bonds is 6. The molecule has 7 nitrogen and oxygen atoms in total. The largest absolute Gasteiger partial charge is 0.495 e. The monoisotopic (exact) mass is 515 g/mol. The first-order valence-electron chi connectivity index (χ1n) is 10.1. The summed E-state index contributed by atoms with van der Waals surface area (Å²) in [6, 6.07) is 17.6. The van der Waals surface area contributed by atoms with Crippen LogP contribution in [0, 0.1) is 0 Å². The van der Waals surface area contributed by atoms with E-state index in [2.05, 4.69) is 15.6 Å². The average Bonchev–Trinajstić information content (AvgIpc) is 3.25. The van der Waals surface area contributed by atoms with Crippen molar-refractivity contribution >= 4 is 63.2 Å². The summed E-state index contributed by atoms with van der Waals surface area (Å²) in [4.78, 5) is 17.1. The number of amides is 1. The molecule has 0 aliphatic heterocycles. The number of methoxy groups -OCH3 is 1. The molecule has 1 heterocycles. The lowest BCUT2D eigenvalue weighted by molar-refractivity contribution is -0.125. The summed E-state index contributed by atoms with van der Waals surface area (Å²) in [7, 11) is 1.53. The van der Waals surface area contributed by atoms with Gasteiger partial charge in [-0.15, -0.1) is 0 Å². The van der Waals surface area contributed by atoms with Gasteiger partial charge in [0.2, 0.25) is 5.89 Å². The van der Waals surface area contributed by atoms with Gasteiger partial charge in [0.25, 0.3) is 5.91 Å². The molecule has 1 atom stereocenters. The highest BCUT2D eigenvalue weighted by molar-refractivity contribution is 7.80. The molecular formula is C24H19Cl2N3O4S. The normalized spacial score (nSPS) is 11.6. The van der Waals surface area contributed by atoms with Gasteiger partial charge in [-0.2, -0.15) is 0 Å². The van der Waals surface area contributed by atoms with E-state index in [1.165, 1.54) is 13.2 Å². The van der Waals surface area contributed by atoms with Crippen LogP contribution >= 0.6 is 35.4 Å². The van der Waals surface area contributed by atoms with Gasteiger partial charge in [0, 0.05) is 10.6 Å². The number of hydrogen-bond acceptors (Lipinski definition) is 6. The Labute approximate surface area is 211 Å². The molecule has 4 aromatic rings. The highest BCUT2D eigenvalue weighted by Gasteiger charge is 2.19. The van der Waals surface area contributed by atoms with E-state index in [0.29, 0.717) is 44.3 Å². The molecule has 0 fully saturated rings.